The standard InChI is InChI=1S/C15H21N3O2/c1-2-18-14(16-12-17-18)9-15(10-19,11-20)8-13-6-4-3-5-7-13/h3-7,12,19-20H,2,8-11H2,1H3. The van der Waals surface area contributed by atoms with Gasteiger partial charge >= 0.3 is 0 Å². The normalized spacial score (nSPS) is 11.8. The lowest BCUT2D eigenvalue weighted by Crippen LogP contribution is -2.36. The molecular weight excluding hydrogens is 254 g/mol. The summed E-state index contributed by atoms with van der Waals surface area (Å²) in [7, 11) is 0. The van der Waals surface area contributed by atoms with Crippen molar-refractivity contribution in [3.63, 3.8) is 0 Å². The van der Waals surface area contributed by atoms with Crippen molar-refractivity contribution in [3.8, 4) is 0 Å². The molecule has 0 atom stereocenters. The third kappa shape index (κ3) is 3.23. The largest absolute Gasteiger partial charge is 0.396 e. The van der Waals surface area contributed by atoms with Crippen molar-refractivity contribution >= 4 is 0 Å². The lowest BCUT2D eigenvalue weighted by Gasteiger charge is -2.29. The maximum atomic E-state index is 9.78. The van der Waals surface area contributed by atoms with Gasteiger partial charge in [-0.15, -0.1) is 0 Å². The molecule has 0 bridgehead atoms. The Bertz CT molecular complexity index is 521. The first-order chi connectivity index (χ1) is 9.73. The Labute approximate surface area is 118 Å². The fourth-order valence-corrected chi connectivity index (χ4v) is 2.39. The zero-order valence-electron chi connectivity index (χ0n) is 11.7. The Hall–Kier alpha value is -1.72. The molecule has 1 aromatic carbocycles. The fraction of sp³-hybridized carbons (Fsp3) is 0.467. The van der Waals surface area contributed by atoms with Gasteiger partial charge < -0.3 is 10.2 Å². The minimum Gasteiger partial charge on any atom is -0.396 e. The van der Waals surface area contributed by atoms with Crippen LogP contribution in [0.3, 0.4) is 0 Å². The third-order valence-electron chi connectivity index (χ3n) is 3.62. The first kappa shape index (κ1) is 14.7. The molecule has 2 N–H and O–H groups in total. The summed E-state index contributed by atoms with van der Waals surface area (Å²) in [4.78, 5) is 4.24. The van der Waals surface area contributed by atoms with Gasteiger partial charge in [0.15, 0.2) is 0 Å². The van der Waals surface area contributed by atoms with Gasteiger partial charge in [-0.05, 0) is 18.9 Å². The van der Waals surface area contributed by atoms with Gasteiger partial charge in [-0.25, -0.2) is 4.98 Å². The van der Waals surface area contributed by atoms with Crippen LogP contribution in [-0.2, 0) is 19.4 Å². The average Bonchev–Trinajstić information content (AvgIpc) is 2.94. The lowest BCUT2D eigenvalue weighted by molar-refractivity contribution is 0.0522. The van der Waals surface area contributed by atoms with E-state index < -0.39 is 5.41 Å². The molecule has 1 aromatic heterocycles. The maximum Gasteiger partial charge on any atom is 0.138 e. The lowest BCUT2D eigenvalue weighted by atomic mass is 9.80. The molecule has 0 fully saturated rings. The number of aromatic nitrogens is 3. The zero-order valence-corrected chi connectivity index (χ0v) is 11.7. The van der Waals surface area contributed by atoms with Crippen molar-refractivity contribution in [2.24, 2.45) is 5.41 Å². The Kier molecular flexibility index (Phi) is 4.87. The van der Waals surface area contributed by atoms with Crippen LogP contribution < -0.4 is 0 Å². The van der Waals surface area contributed by atoms with Crippen LogP contribution in [0.1, 0.15) is 18.3 Å². The molecule has 5 nitrogen and oxygen atoms in total. The fourth-order valence-electron chi connectivity index (χ4n) is 2.39. The average molecular weight is 275 g/mol. The summed E-state index contributed by atoms with van der Waals surface area (Å²) < 4.78 is 1.80. The summed E-state index contributed by atoms with van der Waals surface area (Å²) in [6.45, 7) is 2.55. The number of rotatable bonds is 7. The zero-order chi connectivity index (χ0) is 14.4. The number of benzene rings is 1. The van der Waals surface area contributed by atoms with Gasteiger partial charge in [-0.1, -0.05) is 30.3 Å². The molecule has 5 heteroatoms. The van der Waals surface area contributed by atoms with Gasteiger partial charge in [0.2, 0.25) is 0 Å². The van der Waals surface area contributed by atoms with Gasteiger partial charge in [0.1, 0.15) is 12.2 Å². The highest BCUT2D eigenvalue weighted by molar-refractivity contribution is 5.17. The van der Waals surface area contributed by atoms with E-state index in [-0.39, 0.29) is 13.2 Å². The number of nitrogens with zero attached hydrogens (tertiary/aromatic N) is 3. The second-order valence-corrected chi connectivity index (χ2v) is 5.15. The molecule has 0 radical (unpaired) electrons. The van der Waals surface area contributed by atoms with Gasteiger partial charge in [-0.2, -0.15) is 5.10 Å². The number of hydrogen-bond donors (Lipinski definition) is 2. The van der Waals surface area contributed by atoms with Crippen molar-refractivity contribution in [1.82, 2.24) is 14.8 Å². The highest BCUT2D eigenvalue weighted by Crippen LogP contribution is 2.26. The van der Waals surface area contributed by atoms with Crippen LogP contribution in [0.5, 0.6) is 0 Å². The second-order valence-electron chi connectivity index (χ2n) is 5.15. The van der Waals surface area contributed by atoms with Crippen LogP contribution >= 0.6 is 0 Å². The summed E-state index contributed by atoms with van der Waals surface area (Å²) in [5.74, 6) is 0.798. The van der Waals surface area contributed by atoms with Gasteiger partial charge in [0.25, 0.3) is 0 Å². The molecule has 0 saturated carbocycles. The van der Waals surface area contributed by atoms with Crippen LogP contribution in [0, 0.1) is 5.41 Å². The first-order valence-electron chi connectivity index (χ1n) is 6.85. The number of aliphatic hydroxyl groups is 2. The number of aryl methyl sites for hydroxylation is 1. The van der Waals surface area contributed by atoms with Gasteiger partial charge in [0.05, 0.1) is 13.2 Å². The van der Waals surface area contributed by atoms with E-state index in [4.69, 9.17) is 0 Å². The molecule has 0 unspecified atom stereocenters. The monoisotopic (exact) mass is 275 g/mol. The van der Waals surface area contributed by atoms with Crippen LogP contribution in [0.2, 0.25) is 0 Å². The van der Waals surface area contributed by atoms with Gasteiger partial charge in [-0.3, -0.25) is 4.68 Å². The molecule has 0 spiro atoms. The molecule has 0 aliphatic heterocycles. The molecule has 0 amide bonds. The topological polar surface area (TPSA) is 71.2 Å². The van der Waals surface area contributed by atoms with Crippen LogP contribution in [-0.4, -0.2) is 38.2 Å². The van der Waals surface area contributed by atoms with Crippen LogP contribution in [0.4, 0.5) is 0 Å². The Morgan fingerprint density at radius 2 is 1.80 bits per heavy atom. The maximum absolute atomic E-state index is 9.78. The van der Waals surface area contributed by atoms with Gasteiger partial charge in [0, 0.05) is 18.4 Å². The summed E-state index contributed by atoms with van der Waals surface area (Å²) in [6, 6.07) is 9.89. The Morgan fingerprint density at radius 1 is 1.10 bits per heavy atom. The van der Waals surface area contributed by atoms with E-state index in [1.807, 2.05) is 37.3 Å². The summed E-state index contributed by atoms with van der Waals surface area (Å²) in [5.41, 5.74) is 0.486. The molecule has 0 aliphatic carbocycles. The predicted octanol–water partition coefficient (Wildman–Crippen LogP) is 1.05. The molecule has 2 aromatic rings. The van der Waals surface area contributed by atoms with E-state index in [0.29, 0.717) is 12.8 Å². The van der Waals surface area contributed by atoms with Crippen molar-refractivity contribution < 1.29 is 10.2 Å². The molecule has 2 rings (SSSR count). The third-order valence-corrected chi connectivity index (χ3v) is 3.62. The van der Waals surface area contributed by atoms with Crippen molar-refractivity contribution in [2.45, 2.75) is 26.3 Å². The Balaban J connectivity index is 2.21. The van der Waals surface area contributed by atoms with E-state index in [0.717, 1.165) is 17.9 Å². The second kappa shape index (κ2) is 6.63. The van der Waals surface area contributed by atoms with E-state index in [1.165, 1.54) is 6.33 Å². The molecule has 1 heterocycles. The molecule has 20 heavy (non-hydrogen) atoms. The summed E-state index contributed by atoms with van der Waals surface area (Å²) >= 11 is 0. The van der Waals surface area contributed by atoms with Crippen molar-refractivity contribution in [2.75, 3.05) is 13.2 Å². The van der Waals surface area contributed by atoms with E-state index in [9.17, 15) is 10.2 Å². The van der Waals surface area contributed by atoms with Crippen LogP contribution in [0.25, 0.3) is 0 Å². The highest BCUT2D eigenvalue weighted by atomic mass is 16.3. The molecule has 0 saturated heterocycles. The van der Waals surface area contributed by atoms with Crippen molar-refractivity contribution in [1.29, 1.82) is 0 Å². The molecule has 0 aliphatic rings. The highest BCUT2D eigenvalue weighted by Gasteiger charge is 2.31. The minimum atomic E-state index is -0.610. The predicted molar refractivity (Wildman–Crippen MR) is 76.2 cm³/mol. The molecule has 108 valence electrons. The summed E-state index contributed by atoms with van der Waals surface area (Å²) in [6.07, 6.45) is 2.63. The minimum absolute atomic E-state index is 0.0883. The van der Waals surface area contributed by atoms with E-state index in [1.54, 1.807) is 4.68 Å². The van der Waals surface area contributed by atoms with Crippen LogP contribution in [0.15, 0.2) is 36.7 Å². The quantitative estimate of drug-likeness (QED) is 0.792. The smallest absolute Gasteiger partial charge is 0.138 e. The molecular formula is C15H21N3O2. The first-order valence-corrected chi connectivity index (χ1v) is 6.85. The Morgan fingerprint density at radius 3 is 2.40 bits per heavy atom. The van der Waals surface area contributed by atoms with Crippen molar-refractivity contribution in [3.05, 3.63) is 48.0 Å². The number of hydrogen-bond acceptors (Lipinski definition) is 4. The SMILES string of the molecule is CCn1ncnc1CC(CO)(CO)Cc1ccccc1. The summed E-state index contributed by atoms with van der Waals surface area (Å²) in [5, 5.41) is 23.7. The number of aliphatic hydroxyl groups excluding tert-OH is 2. The van der Waals surface area contributed by atoms with E-state index in [2.05, 4.69) is 10.1 Å². The van der Waals surface area contributed by atoms with E-state index >= 15 is 0 Å².